The van der Waals surface area contributed by atoms with Crippen molar-refractivity contribution in [3.63, 3.8) is 0 Å². The summed E-state index contributed by atoms with van der Waals surface area (Å²) < 4.78 is 27.3. The van der Waals surface area contributed by atoms with E-state index in [2.05, 4.69) is 0 Å². The Balaban J connectivity index is 1.99. The monoisotopic (exact) mass is 506 g/mol. The number of esters is 1. The molecule has 0 saturated heterocycles. The van der Waals surface area contributed by atoms with Crippen LogP contribution in [0.25, 0.3) is 22.1 Å². The molecule has 4 aromatic rings. The maximum Gasteiger partial charge on any atom is 0.306 e. The number of hydrogen-bond acceptors (Lipinski definition) is 9. The fourth-order valence-electron chi connectivity index (χ4n) is 4.33. The zero-order valence-electron chi connectivity index (χ0n) is 20.7. The molecule has 9 nitrogen and oxygen atoms in total. The fourth-order valence-corrected chi connectivity index (χ4v) is 4.33. The molecule has 0 aliphatic rings. The van der Waals surface area contributed by atoms with Gasteiger partial charge in [-0.05, 0) is 35.9 Å². The van der Waals surface area contributed by atoms with E-state index < -0.39 is 11.9 Å². The Morgan fingerprint density at radius 1 is 0.892 bits per heavy atom. The highest BCUT2D eigenvalue weighted by atomic mass is 16.5. The molecule has 0 fully saturated rings. The molecule has 3 aromatic carbocycles. The van der Waals surface area contributed by atoms with Gasteiger partial charge in [-0.15, -0.1) is 0 Å². The van der Waals surface area contributed by atoms with Crippen LogP contribution >= 0.6 is 0 Å². The molecule has 0 amide bonds. The second-order valence-corrected chi connectivity index (χ2v) is 8.18. The van der Waals surface area contributed by atoms with Crippen LogP contribution in [0.3, 0.4) is 0 Å². The third-order valence-electron chi connectivity index (χ3n) is 6.19. The molecule has 0 radical (unpaired) electrons. The van der Waals surface area contributed by atoms with Crippen molar-refractivity contribution in [3.8, 4) is 39.9 Å². The molecular formula is C28H26O9. The molecule has 1 atom stereocenters. The summed E-state index contributed by atoms with van der Waals surface area (Å²) in [5, 5.41) is 20.8. The van der Waals surface area contributed by atoms with Crippen LogP contribution in [0.2, 0.25) is 0 Å². The van der Waals surface area contributed by atoms with Crippen LogP contribution in [0.4, 0.5) is 0 Å². The molecule has 2 N–H and O–H groups in total. The number of fused-ring (bicyclic) bond motifs is 1. The van der Waals surface area contributed by atoms with E-state index in [4.69, 9.17) is 23.4 Å². The van der Waals surface area contributed by atoms with Crippen molar-refractivity contribution >= 4 is 16.9 Å². The van der Waals surface area contributed by atoms with Crippen molar-refractivity contribution in [3.05, 3.63) is 76.1 Å². The summed E-state index contributed by atoms with van der Waals surface area (Å²) in [4.78, 5) is 26.0. The Kier molecular flexibility index (Phi) is 7.24. The first-order chi connectivity index (χ1) is 17.8. The predicted molar refractivity (Wildman–Crippen MR) is 136 cm³/mol. The number of carbonyl (C=O) groups is 1. The molecule has 1 aromatic heterocycles. The van der Waals surface area contributed by atoms with E-state index in [9.17, 15) is 19.8 Å². The van der Waals surface area contributed by atoms with E-state index in [1.807, 2.05) is 0 Å². The lowest BCUT2D eigenvalue weighted by molar-refractivity contribution is -0.140. The molecule has 0 bridgehead atoms. The van der Waals surface area contributed by atoms with Crippen molar-refractivity contribution in [1.82, 2.24) is 0 Å². The van der Waals surface area contributed by atoms with Gasteiger partial charge >= 0.3 is 5.97 Å². The zero-order valence-corrected chi connectivity index (χ0v) is 20.7. The van der Waals surface area contributed by atoms with Crippen molar-refractivity contribution in [2.75, 3.05) is 28.4 Å². The van der Waals surface area contributed by atoms with Crippen LogP contribution in [0.5, 0.6) is 28.7 Å². The topological polar surface area (TPSA) is 125 Å². The molecule has 0 aliphatic carbocycles. The maximum atomic E-state index is 13.5. The normalized spacial score (nSPS) is 11.7. The van der Waals surface area contributed by atoms with E-state index in [1.165, 1.54) is 59.0 Å². The maximum absolute atomic E-state index is 13.5. The van der Waals surface area contributed by atoms with Crippen molar-refractivity contribution in [2.24, 2.45) is 0 Å². The Labute approximate surface area is 212 Å². The van der Waals surface area contributed by atoms with Crippen LogP contribution in [0.15, 0.2) is 64.0 Å². The molecular weight excluding hydrogens is 480 g/mol. The minimum absolute atomic E-state index is 0.0654. The number of phenolic OH excluding ortho intramolecular Hbond substituents is 2. The number of carbonyl (C=O) groups excluding carboxylic acids is 1. The highest BCUT2D eigenvalue weighted by Gasteiger charge is 2.30. The largest absolute Gasteiger partial charge is 0.508 e. The van der Waals surface area contributed by atoms with Crippen LogP contribution in [-0.2, 0) is 9.53 Å². The Morgan fingerprint density at radius 3 is 2.16 bits per heavy atom. The second kappa shape index (κ2) is 10.5. The van der Waals surface area contributed by atoms with Crippen LogP contribution in [0, 0.1) is 0 Å². The highest BCUT2D eigenvalue weighted by molar-refractivity contribution is 5.87. The van der Waals surface area contributed by atoms with E-state index in [1.54, 1.807) is 24.3 Å². The van der Waals surface area contributed by atoms with E-state index in [0.717, 1.165) is 0 Å². The molecule has 0 unspecified atom stereocenters. The first kappa shape index (κ1) is 25.4. The summed E-state index contributed by atoms with van der Waals surface area (Å²) in [5.41, 5.74) is 1.29. The molecule has 0 spiro atoms. The molecule has 0 aliphatic heterocycles. The number of rotatable bonds is 8. The van der Waals surface area contributed by atoms with Gasteiger partial charge in [0.1, 0.15) is 29.1 Å². The lowest BCUT2D eigenvalue weighted by atomic mass is 9.85. The SMILES string of the molecule is COC(=O)C[C@@H](c1cc(OC)c(OC)cc1OC)c1c(O)ccc2c(=O)c(-c3ccc(O)cc3)coc12. The number of aromatic hydroxyl groups is 2. The number of phenols is 2. The summed E-state index contributed by atoms with van der Waals surface area (Å²) >= 11 is 0. The minimum Gasteiger partial charge on any atom is -0.508 e. The molecule has 1 heterocycles. The van der Waals surface area contributed by atoms with Gasteiger partial charge in [0.05, 0.1) is 45.8 Å². The molecule has 4 rings (SSSR count). The van der Waals surface area contributed by atoms with Crippen molar-refractivity contribution in [1.29, 1.82) is 0 Å². The zero-order chi connectivity index (χ0) is 26.7. The molecule has 37 heavy (non-hydrogen) atoms. The lowest BCUT2D eigenvalue weighted by Gasteiger charge is -2.23. The summed E-state index contributed by atoms with van der Waals surface area (Å²) in [6.45, 7) is 0. The highest BCUT2D eigenvalue weighted by Crippen LogP contribution is 2.45. The smallest absolute Gasteiger partial charge is 0.306 e. The molecule has 0 saturated carbocycles. The predicted octanol–water partition coefficient (Wildman–Crippen LogP) is 4.59. The van der Waals surface area contributed by atoms with Gasteiger partial charge < -0.3 is 33.6 Å². The van der Waals surface area contributed by atoms with E-state index in [-0.39, 0.29) is 45.4 Å². The Bertz CT molecular complexity index is 1500. The minimum atomic E-state index is -0.839. The number of benzene rings is 3. The number of hydrogen-bond donors (Lipinski definition) is 2. The average molecular weight is 507 g/mol. The van der Waals surface area contributed by atoms with Gasteiger partial charge in [0, 0.05) is 23.1 Å². The third-order valence-corrected chi connectivity index (χ3v) is 6.19. The van der Waals surface area contributed by atoms with Crippen LogP contribution in [-0.4, -0.2) is 44.6 Å². The van der Waals surface area contributed by atoms with Gasteiger partial charge in [0.2, 0.25) is 5.43 Å². The lowest BCUT2D eigenvalue weighted by Crippen LogP contribution is -2.14. The van der Waals surface area contributed by atoms with Gasteiger partial charge in [-0.25, -0.2) is 0 Å². The van der Waals surface area contributed by atoms with E-state index >= 15 is 0 Å². The number of methoxy groups -OCH3 is 4. The summed E-state index contributed by atoms with van der Waals surface area (Å²) in [5.74, 6) is -0.355. The van der Waals surface area contributed by atoms with Gasteiger partial charge in [0.15, 0.2) is 11.5 Å². The summed E-state index contributed by atoms with van der Waals surface area (Å²) in [6.07, 6.45) is 1.10. The number of ether oxygens (including phenoxy) is 4. The first-order valence-corrected chi connectivity index (χ1v) is 11.3. The van der Waals surface area contributed by atoms with Crippen molar-refractivity contribution in [2.45, 2.75) is 12.3 Å². The van der Waals surface area contributed by atoms with Gasteiger partial charge in [0.25, 0.3) is 0 Å². The van der Waals surface area contributed by atoms with Crippen molar-refractivity contribution < 1.29 is 38.4 Å². The average Bonchev–Trinajstić information content (AvgIpc) is 2.92. The second-order valence-electron chi connectivity index (χ2n) is 8.18. The quantitative estimate of drug-likeness (QED) is 0.330. The van der Waals surface area contributed by atoms with Gasteiger partial charge in [-0.3, -0.25) is 9.59 Å². The van der Waals surface area contributed by atoms with Crippen LogP contribution in [0.1, 0.15) is 23.5 Å². The summed E-state index contributed by atoms with van der Waals surface area (Å²) in [6, 6.07) is 12.2. The molecule has 9 heteroatoms. The standard InChI is InChI=1S/C28H26O9/c1-33-22-13-24(35-3)23(34-2)11-18(22)19(12-25(31)36-4)26-21(30)10-9-17-27(32)20(14-37-28(17)26)15-5-7-16(29)8-6-15/h5-11,13-14,19,29-30H,12H2,1-4H3/t19-/m0/s1. The molecule has 192 valence electrons. The van der Waals surface area contributed by atoms with Crippen LogP contribution < -0.4 is 19.6 Å². The van der Waals surface area contributed by atoms with E-state index in [0.29, 0.717) is 28.4 Å². The van der Waals surface area contributed by atoms with Gasteiger partial charge in [-0.2, -0.15) is 0 Å². The fraction of sp³-hybridized carbons (Fsp3) is 0.214. The third kappa shape index (κ3) is 4.75. The first-order valence-electron chi connectivity index (χ1n) is 11.3. The Morgan fingerprint density at radius 2 is 1.54 bits per heavy atom. The van der Waals surface area contributed by atoms with Gasteiger partial charge in [-0.1, -0.05) is 12.1 Å². The summed E-state index contributed by atoms with van der Waals surface area (Å²) in [7, 11) is 5.69. The Hall–Kier alpha value is -4.66.